The number of nitrogen functional groups attached to an aromatic ring is 1. The van der Waals surface area contributed by atoms with Crippen molar-refractivity contribution in [1.82, 2.24) is 9.97 Å². The lowest BCUT2D eigenvalue weighted by molar-refractivity contribution is 0.456. The number of nitrogens with one attached hydrogen (secondary N) is 1. The van der Waals surface area contributed by atoms with Gasteiger partial charge in [-0.3, -0.25) is 0 Å². The first-order chi connectivity index (χ1) is 8.76. The number of fused-ring (bicyclic) bond motifs is 5. The Labute approximate surface area is 107 Å². The van der Waals surface area contributed by atoms with Gasteiger partial charge in [-0.25, -0.2) is 9.97 Å². The first-order valence-corrected chi connectivity index (χ1v) is 7.16. The normalized spacial score (nSPS) is 39.7. The molecule has 3 N–H and O–H groups in total. The molecule has 3 fully saturated rings. The number of anilines is 2. The Balaban J connectivity index is 1.51. The Hall–Kier alpha value is -1.32. The van der Waals surface area contributed by atoms with Gasteiger partial charge < -0.3 is 11.1 Å². The number of aromatic nitrogens is 2. The lowest BCUT2D eigenvalue weighted by Gasteiger charge is -2.12. The highest BCUT2D eigenvalue weighted by atomic mass is 15.1. The van der Waals surface area contributed by atoms with Crippen molar-refractivity contribution in [1.29, 1.82) is 0 Å². The fourth-order valence-corrected chi connectivity index (χ4v) is 4.44. The Morgan fingerprint density at radius 1 is 1.28 bits per heavy atom. The third-order valence-corrected chi connectivity index (χ3v) is 5.16. The van der Waals surface area contributed by atoms with Crippen LogP contribution in [0.5, 0.6) is 0 Å². The van der Waals surface area contributed by atoms with E-state index in [1.54, 1.807) is 0 Å². The van der Waals surface area contributed by atoms with E-state index in [4.69, 9.17) is 5.73 Å². The smallest absolute Gasteiger partial charge is 0.132 e. The van der Waals surface area contributed by atoms with Crippen LogP contribution in [0.15, 0.2) is 6.07 Å². The molecule has 2 bridgehead atoms. The van der Waals surface area contributed by atoms with Crippen LogP contribution in [0.4, 0.5) is 11.6 Å². The number of hydrogen-bond acceptors (Lipinski definition) is 4. The van der Waals surface area contributed by atoms with Gasteiger partial charge in [-0.1, -0.05) is 6.92 Å². The molecule has 0 aliphatic heterocycles. The quantitative estimate of drug-likeness (QED) is 0.854. The molecule has 0 amide bonds. The molecule has 1 heterocycles. The van der Waals surface area contributed by atoms with Crippen LogP contribution < -0.4 is 11.1 Å². The van der Waals surface area contributed by atoms with Crippen LogP contribution in [-0.4, -0.2) is 16.0 Å². The fraction of sp³-hybridized carbons (Fsp3) is 0.714. The van der Waals surface area contributed by atoms with Gasteiger partial charge in [0.2, 0.25) is 0 Å². The van der Waals surface area contributed by atoms with Crippen LogP contribution >= 0.6 is 0 Å². The van der Waals surface area contributed by atoms with E-state index in [-0.39, 0.29) is 0 Å². The van der Waals surface area contributed by atoms with Gasteiger partial charge >= 0.3 is 0 Å². The Morgan fingerprint density at radius 2 is 2.00 bits per heavy atom. The Bertz CT molecular complexity index is 471. The number of nitrogens with two attached hydrogens (primary N) is 1. The molecule has 1 aromatic rings. The molecule has 1 aromatic heterocycles. The van der Waals surface area contributed by atoms with Crippen molar-refractivity contribution in [3.63, 3.8) is 0 Å². The molecule has 4 unspecified atom stereocenters. The average Bonchev–Trinajstić information content (AvgIpc) is 2.76. The van der Waals surface area contributed by atoms with Crippen molar-refractivity contribution in [2.45, 2.75) is 38.6 Å². The van der Waals surface area contributed by atoms with Crippen LogP contribution in [0.25, 0.3) is 0 Å². The highest BCUT2D eigenvalue weighted by molar-refractivity contribution is 5.47. The molecule has 3 saturated carbocycles. The highest BCUT2D eigenvalue weighted by Gasteiger charge is 2.65. The monoisotopic (exact) mass is 244 g/mol. The summed E-state index contributed by atoms with van der Waals surface area (Å²) in [6.45, 7) is 2.06. The van der Waals surface area contributed by atoms with Crippen LogP contribution in [-0.2, 0) is 6.42 Å². The summed E-state index contributed by atoms with van der Waals surface area (Å²) in [5, 5.41) is 3.60. The van der Waals surface area contributed by atoms with Gasteiger partial charge in [-0.05, 0) is 42.9 Å². The lowest BCUT2D eigenvalue weighted by atomic mass is 10.0. The van der Waals surface area contributed by atoms with Crippen molar-refractivity contribution >= 4 is 11.6 Å². The molecule has 4 heteroatoms. The van der Waals surface area contributed by atoms with E-state index in [0.29, 0.717) is 11.9 Å². The lowest BCUT2D eigenvalue weighted by Crippen LogP contribution is -2.14. The summed E-state index contributed by atoms with van der Waals surface area (Å²) in [4.78, 5) is 8.75. The van der Waals surface area contributed by atoms with Crippen LogP contribution in [0.3, 0.4) is 0 Å². The molecule has 0 radical (unpaired) electrons. The molecule has 0 saturated heterocycles. The van der Waals surface area contributed by atoms with Crippen molar-refractivity contribution < 1.29 is 0 Å². The second-order valence-electron chi connectivity index (χ2n) is 6.11. The third kappa shape index (κ3) is 1.44. The molecule has 4 rings (SSSR count). The molecule has 96 valence electrons. The number of rotatable bonds is 3. The molecule has 0 spiro atoms. The van der Waals surface area contributed by atoms with Crippen LogP contribution in [0.2, 0.25) is 0 Å². The summed E-state index contributed by atoms with van der Waals surface area (Å²) in [6.07, 6.45) is 5.23. The maximum atomic E-state index is 5.82. The topological polar surface area (TPSA) is 63.8 Å². The first kappa shape index (κ1) is 10.6. The maximum Gasteiger partial charge on any atom is 0.132 e. The molecular weight excluding hydrogens is 224 g/mol. The zero-order valence-corrected chi connectivity index (χ0v) is 10.8. The van der Waals surface area contributed by atoms with Crippen LogP contribution in [0.1, 0.15) is 32.0 Å². The second kappa shape index (κ2) is 3.59. The summed E-state index contributed by atoms with van der Waals surface area (Å²) in [6, 6.07) is 2.53. The Morgan fingerprint density at radius 3 is 2.67 bits per heavy atom. The predicted octanol–water partition coefficient (Wildman–Crippen LogP) is 2.08. The molecule has 4 nitrogen and oxygen atoms in total. The highest BCUT2D eigenvalue weighted by Crippen LogP contribution is 2.66. The third-order valence-electron chi connectivity index (χ3n) is 5.16. The van der Waals surface area contributed by atoms with E-state index in [2.05, 4.69) is 22.2 Å². The van der Waals surface area contributed by atoms with Gasteiger partial charge in [0.05, 0.1) is 0 Å². The second-order valence-corrected chi connectivity index (χ2v) is 6.11. The number of hydrogen-bond donors (Lipinski definition) is 2. The minimum absolute atomic E-state index is 0.582. The van der Waals surface area contributed by atoms with Gasteiger partial charge in [0.15, 0.2) is 0 Å². The largest absolute Gasteiger partial charge is 0.384 e. The van der Waals surface area contributed by atoms with Gasteiger partial charge in [0, 0.05) is 18.5 Å². The zero-order chi connectivity index (χ0) is 12.3. The summed E-state index contributed by atoms with van der Waals surface area (Å²) in [5.41, 5.74) is 5.82. The molecule has 4 atom stereocenters. The van der Waals surface area contributed by atoms with E-state index >= 15 is 0 Å². The molecule has 18 heavy (non-hydrogen) atoms. The number of nitrogens with zero attached hydrogens (tertiary/aromatic N) is 2. The standard InChI is InChI=1S/C14H20N4/c1-2-10-16-9(15)6-11(17-10)18-14-12-7-3-4-8(5-7)13(12)14/h6-8,12-14H,2-5H2,1H3,(H3,15,16,17,18). The van der Waals surface area contributed by atoms with Crippen molar-refractivity contribution in [2.24, 2.45) is 23.7 Å². The van der Waals surface area contributed by atoms with Gasteiger partial charge in [-0.15, -0.1) is 0 Å². The van der Waals surface area contributed by atoms with Gasteiger partial charge in [0.1, 0.15) is 17.5 Å². The zero-order valence-electron chi connectivity index (χ0n) is 10.8. The van der Waals surface area contributed by atoms with Gasteiger partial charge in [-0.2, -0.15) is 0 Å². The summed E-state index contributed by atoms with van der Waals surface area (Å²) < 4.78 is 0. The molecule has 3 aliphatic carbocycles. The van der Waals surface area contributed by atoms with Gasteiger partial charge in [0.25, 0.3) is 0 Å². The summed E-state index contributed by atoms with van der Waals surface area (Å²) in [5.74, 6) is 6.17. The Kier molecular flexibility index (Phi) is 2.11. The van der Waals surface area contributed by atoms with Crippen molar-refractivity contribution in [3.8, 4) is 0 Å². The molecular formula is C14H20N4. The van der Waals surface area contributed by atoms with E-state index in [9.17, 15) is 0 Å². The minimum Gasteiger partial charge on any atom is -0.384 e. The SMILES string of the molecule is CCc1nc(N)cc(NC2C3C4CCC(C4)C23)n1. The molecule has 3 aliphatic rings. The summed E-state index contributed by atoms with van der Waals surface area (Å²) in [7, 11) is 0. The first-order valence-electron chi connectivity index (χ1n) is 7.16. The van der Waals surface area contributed by atoms with Crippen molar-refractivity contribution in [3.05, 3.63) is 11.9 Å². The molecule has 0 aromatic carbocycles. The fourth-order valence-electron chi connectivity index (χ4n) is 4.44. The maximum absolute atomic E-state index is 5.82. The van der Waals surface area contributed by atoms with E-state index < -0.39 is 0 Å². The van der Waals surface area contributed by atoms with E-state index in [1.165, 1.54) is 19.3 Å². The minimum atomic E-state index is 0.582. The predicted molar refractivity (Wildman–Crippen MR) is 71.0 cm³/mol. The van der Waals surface area contributed by atoms with Crippen molar-refractivity contribution in [2.75, 3.05) is 11.1 Å². The van der Waals surface area contributed by atoms with E-state index in [0.717, 1.165) is 41.7 Å². The van der Waals surface area contributed by atoms with E-state index in [1.807, 2.05) is 6.07 Å². The number of aryl methyl sites for hydroxylation is 1. The summed E-state index contributed by atoms with van der Waals surface area (Å²) >= 11 is 0. The average molecular weight is 244 g/mol. The van der Waals surface area contributed by atoms with Crippen LogP contribution in [0, 0.1) is 23.7 Å².